The molecule has 0 fully saturated rings. The van der Waals surface area contributed by atoms with Gasteiger partial charge in [0.1, 0.15) is 12.4 Å². The van der Waals surface area contributed by atoms with E-state index in [4.69, 9.17) is 9.47 Å². The Labute approximate surface area is 171 Å². The summed E-state index contributed by atoms with van der Waals surface area (Å²) in [6.45, 7) is 0.400. The number of allylic oxidation sites excluding steroid dienone is 1. The minimum absolute atomic E-state index is 0.240. The molecule has 0 unspecified atom stereocenters. The van der Waals surface area contributed by atoms with E-state index in [-0.39, 0.29) is 11.1 Å². The SMILES string of the molecule is COc1cc(C=C(C#N)c2ccccc2F)ccc1OCc1ccc(Br)cc1. The largest absolute Gasteiger partial charge is 0.493 e. The zero-order chi connectivity index (χ0) is 19.9. The zero-order valence-corrected chi connectivity index (χ0v) is 16.7. The molecular weight excluding hydrogens is 421 g/mol. The van der Waals surface area contributed by atoms with Crippen molar-refractivity contribution < 1.29 is 13.9 Å². The summed E-state index contributed by atoms with van der Waals surface area (Å²) in [7, 11) is 1.55. The van der Waals surface area contributed by atoms with Crippen LogP contribution in [-0.4, -0.2) is 7.11 Å². The van der Waals surface area contributed by atoms with Crippen LogP contribution in [0.2, 0.25) is 0 Å². The highest BCUT2D eigenvalue weighted by Crippen LogP contribution is 2.31. The molecule has 0 amide bonds. The van der Waals surface area contributed by atoms with Crippen LogP contribution in [0, 0.1) is 17.1 Å². The fourth-order valence-electron chi connectivity index (χ4n) is 2.65. The standard InChI is InChI=1S/C23H17BrFNO2/c1-27-23-13-17(12-18(14-26)20-4-2-3-5-21(20)25)8-11-22(23)28-15-16-6-9-19(24)10-7-16/h2-13H,15H2,1H3. The highest BCUT2D eigenvalue weighted by molar-refractivity contribution is 9.10. The number of nitriles is 1. The van der Waals surface area contributed by atoms with Crippen LogP contribution in [0.25, 0.3) is 11.6 Å². The molecule has 0 aromatic heterocycles. The second-order valence-electron chi connectivity index (χ2n) is 5.98. The molecule has 3 aromatic carbocycles. The summed E-state index contributed by atoms with van der Waals surface area (Å²) >= 11 is 3.41. The first-order valence-electron chi connectivity index (χ1n) is 8.52. The predicted molar refractivity (Wildman–Crippen MR) is 111 cm³/mol. The second kappa shape index (κ2) is 9.20. The van der Waals surface area contributed by atoms with Gasteiger partial charge in [0, 0.05) is 10.0 Å². The molecule has 0 heterocycles. The lowest BCUT2D eigenvalue weighted by Crippen LogP contribution is -1.98. The highest BCUT2D eigenvalue weighted by atomic mass is 79.9. The summed E-state index contributed by atoms with van der Waals surface area (Å²) in [6, 6.07) is 21.5. The molecule has 0 saturated carbocycles. The average Bonchev–Trinajstić information content (AvgIpc) is 2.72. The third-order valence-electron chi connectivity index (χ3n) is 4.09. The molecule has 5 heteroatoms. The van der Waals surface area contributed by atoms with Crippen molar-refractivity contribution in [2.75, 3.05) is 7.11 Å². The summed E-state index contributed by atoms with van der Waals surface area (Å²) in [5, 5.41) is 9.43. The van der Waals surface area contributed by atoms with E-state index >= 15 is 0 Å². The Morgan fingerprint density at radius 3 is 2.50 bits per heavy atom. The number of hydrogen-bond donors (Lipinski definition) is 0. The van der Waals surface area contributed by atoms with Gasteiger partial charge in [0.05, 0.1) is 18.8 Å². The van der Waals surface area contributed by atoms with E-state index in [1.165, 1.54) is 6.07 Å². The van der Waals surface area contributed by atoms with Crippen molar-refractivity contribution in [1.82, 2.24) is 0 Å². The molecule has 3 rings (SSSR count). The average molecular weight is 438 g/mol. The van der Waals surface area contributed by atoms with Crippen LogP contribution in [0.1, 0.15) is 16.7 Å². The first kappa shape index (κ1) is 19.7. The third-order valence-corrected chi connectivity index (χ3v) is 4.62. The lowest BCUT2D eigenvalue weighted by molar-refractivity contribution is 0.284. The minimum Gasteiger partial charge on any atom is -0.493 e. The zero-order valence-electron chi connectivity index (χ0n) is 15.2. The number of rotatable bonds is 6. The Balaban J connectivity index is 1.83. The monoisotopic (exact) mass is 437 g/mol. The summed E-state index contributed by atoms with van der Waals surface area (Å²) in [4.78, 5) is 0. The van der Waals surface area contributed by atoms with Crippen molar-refractivity contribution in [2.24, 2.45) is 0 Å². The smallest absolute Gasteiger partial charge is 0.161 e. The number of nitrogens with zero attached hydrogens (tertiary/aromatic N) is 1. The lowest BCUT2D eigenvalue weighted by atomic mass is 10.0. The Bertz CT molecular complexity index is 1040. The molecule has 0 atom stereocenters. The molecule has 0 radical (unpaired) electrons. The van der Waals surface area contributed by atoms with E-state index in [1.54, 1.807) is 49.6 Å². The first-order chi connectivity index (χ1) is 13.6. The van der Waals surface area contributed by atoms with E-state index < -0.39 is 5.82 Å². The van der Waals surface area contributed by atoms with Crippen molar-refractivity contribution in [3.8, 4) is 17.6 Å². The maximum absolute atomic E-state index is 14.0. The van der Waals surface area contributed by atoms with Crippen LogP contribution in [0.4, 0.5) is 4.39 Å². The number of benzene rings is 3. The molecule has 0 aliphatic heterocycles. The number of hydrogen-bond acceptors (Lipinski definition) is 3. The van der Waals surface area contributed by atoms with E-state index in [0.717, 1.165) is 10.0 Å². The van der Waals surface area contributed by atoms with Gasteiger partial charge in [0.25, 0.3) is 0 Å². The fourth-order valence-corrected chi connectivity index (χ4v) is 2.92. The minimum atomic E-state index is -0.434. The quantitative estimate of drug-likeness (QED) is 0.338. The van der Waals surface area contributed by atoms with Gasteiger partial charge in [0.2, 0.25) is 0 Å². The molecule has 0 spiro atoms. The van der Waals surface area contributed by atoms with Crippen LogP contribution in [-0.2, 0) is 6.61 Å². The van der Waals surface area contributed by atoms with E-state index in [9.17, 15) is 9.65 Å². The van der Waals surface area contributed by atoms with E-state index in [2.05, 4.69) is 22.0 Å². The Hall–Kier alpha value is -3.10. The number of ether oxygens (including phenoxy) is 2. The van der Waals surface area contributed by atoms with Gasteiger partial charge < -0.3 is 9.47 Å². The summed E-state index contributed by atoms with van der Waals surface area (Å²) in [5.41, 5.74) is 2.25. The highest BCUT2D eigenvalue weighted by Gasteiger charge is 2.09. The van der Waals surface area contributed by atoms with Gasteiger partial charge in [-0.1, -0.05) is 52.3 Å². The Morgan fingerprint density at radius 1 is 1.07 bits per heavy atom. The Morgan fingerprint density at radius 2 is 1.82 bits per heavy atom. The van der Waals surface area contributed by atoms with Crippen LogP contribution in [0.15, 0.2) is 71.2 Å². The molecular formula is C23H17BrFNO2. The van der Waals surface area contributed by atoms with Gasteiger partial charge in [-0.2, -0.15) is 5.26 Å². The van der Waals surface area contributed by atoms with Crippen LogP contribution in [0.3, 0.4) is 0 Å². The fraction of sp³-hybridized carbons (Fsp3) is 0.0870. The first-order valence-corrected chi connectivity index (χ1v) is 9.32. The summed E-state index contributed by atoms with van der Waals surface area (Å²) in [5.74, 6) is 0.695. The van der Waals surface area contributed by atoms with Crippen molar-refractivity contribution in [3.05, 3.63) is 93.7 Å². The molecule has 3 nitrogen and oxygen atoms in total. The van der Waals surface area contributed by atoms with Gasteiger partial charge in [0.15, 0.2) is 11.5 Å². The van der Waals surface area contributed by atoms with Gasteiger partial charge in [-0.25, -0.2) is 4.39 Å². The Kier molecular flexibility index (Phi) is 6.46. The van der Waals surface area contributed by atoms with Crippen molar-refractivity contribution >= 4 is 27.6 Å². The van der Waals surface area contributed by atoms with Gasteiger partial charge in [-0.15, -0.1) is 0 Å². The maximum atomic E-state index is 14.0. The van der Waals surface area contributed by atoms with Crippen LogP contribution in [0.5, 0.6) is 11.5 Å². The number of halogens is 2. The molecule has 3 aromatic rings. The van der Waals surface area contributed by atoms with Crippen molar-refractivity contribution in [3.63, 3.8) is 0 Å². The van der Waals surface area contributed by atoms with Crippen molar-refractivity contribution in [1.29, 1.82) is 5.26 Å². The predicted octanol–water partition coefficient (Wildman–Crippen LogP) is 6.24. The van der Waals surface area contributed by atoms with E-state index in [1.807, 2.05) is 24.3 Å². The van der Waals surface area contributed by atoms with Gasteiger partial charge in [-0.05, 0) is 47.5 Å². The lowest BCUT2D eigenvalue weighted by Gasteiger charge is -2.12. The topological polar surface area (TPSA) is 42.2 Å². The second-order valence-corrected chi connectivity index (χ2v) is 6.89. The van der Waals surface area contributed by atoms with Gasteiger partial charge >= 0.3 is 0 Å². The van der Waals surface area contributed by atoms with Crippen molar-refractivity contribution in [2.45, 2.75) is 6.61 Å². The summed E-state index contributed by atoms with van der Waals surface area (Å²) < 4.78 is 26.3. The molecule has 0 aliphatic rings. The molecule has 0 bridgehead atoms. The van der Waals surface area contributed by atoms with E-state index in [0.29, 0.717) is 23.7 Å². The molecule has 28 heavy (non-hydrogen) atoms. The molecule has 0 saturated heterocycles. The third kappa shape index (κ3) is 4.79. The summed E-state index contributed by atoms with van der Waals surface area (Å²) in [6.07, 6.45) is 1.62. The molecule has 0 aliphatic carbocycles. The number of methoxy groups -OCH3 is 1. The van der Waals surface area contributed by atoms with Crippen LogP contribution >= 0.6 is 15.9 Å². The normalized spacial score (nSPS) is 11.0. The maximum Gasteiger partial charge on any atom is 0.161 e. The molecule has 0 N–H and O–H groups in total. The van der Waals surface area contributed by atoms with Crippen LogP contribution < -0.4 is 9.47 Å². The molecule has 140 valence electrons. The van der Waals surface area contributed by atoms with Gasteiger partial charge in [-0.3, -0.25) is 0 Å².